The average molecular weight is 365 g/mol. The van der Waals surface area contributed by atoms with Crippen molar-refractivity contribution in [1.29, 1.82) is 0 Å². The van der Waals surface area contributed by atoms with E-state index < -0.39 is 0 Å². The van der Waals surface area contributed by atoms with E-state index in [0.717, 1.165) is 22.4 Å². The summed E-state index contributed by atoms with van der Waals surface area (Å²) >= 11 is 6.05. The highest BCUT2D eigenvalue weighted by Gasteiger charge is 2.14. The van der Waals surface area contributed by atoms with Crippen LogP contribution in [0.15, 0.2) is 53.5 Å². The summed E-state index contributed by atoms with van der Waals surface area (Å²) in [7, 11) is 0. The van der Waals surface area contributed by atoms with Gasteiger partial charge in [-0.1, -0.05) is 35.9 Å². The molecule has 6 heteroatoms. The minimum atomic E-state index is -0.191. The van der Waals surface area contributed by atoms with Gasteiger partial charge < -0.3 is 4.98 Å². The van der Waals surface area contributed by atoms with Crippen LogP contribution in [0.3, 0.4) is 0 Å². The normalized spacial score (nSPS) is 11.2. The van der Waals surface area contributed by atoms with Crippen molar-refractivity contribution >= 4 is 22.6 Å². The minimum absolute atomic E-state index is 0.191. The number of hydrogen-bond acceptors (Lipinski definition) is 3. The van der Waals surface area contributed by atoms with Gasteiger partial charge in [0.25, 0.3) is 5.56 Å². The molecule has 26 heavy (non-hydrogen) atoms. The summed E-state index contributed by atoms with van der Waals surface area (Å²) in [6, 6.07) is 13.5. The Labute approximate surface area is 155 Å². The number of H-pyrrole nitrogens is 1. The molecule has 0 amide bonds. The highest BCUT2D eigenvalue weighted by atomic mass is 35.5. The van der Waals surface area contributed by atoms with E-state index in [-0.39, 0.29) is 5.56 Å². The SMILES string of the molecule is Cc1cccc(-n2ncc3c(=O)[nH]c(Cc4cccc(Cl)c4)nc32)c1C. The third kappa shape index (κ3) is 2.91. The molecule has 0 aliphatic heterocycles. The van der Waals surface area contributed by atoms with Gasteiger partial charge in [-0.25, -0.2) is 9.67 Å². The molecule has 0 aliphatic carbocycles. The molecule has 0 saturated heterocycles. The number of benzene rings is 2. The van der Waals surface area contributed by atoms with Gasteiger partial charge in [0, 0.05) is 11.4 Å². The van der Waals surface area contributed by atoms with Gasteiger partial charge in [0.05, 0.1) is 11.9 Å². The second kappa shape index (κ2) is 6.42. The van der Waals surface area contributed by atoms with Crippen LogP contribution < -0.4 is 5.56 Å². The molecule has 0 spiro atoms. The van der Waals surface area contributed by atoms with Crippen LogP contribution in [0.4, 0.5) is 0 Å². The molecular weight excluding hydrogens is 348 g/mol. The Hall–Kier alpha value is -2.92. The summed E-state index contributed by atoms with van der Waals surface area (Å²) in [5.74, 6) is 0.580. The lowest BCUT2D eigenvalue weighted by Crippen LogP contribution is -2.13. The summed E-state index contributed by atoms with van der Waals surface area (Å²) in [4.78, 5) is 20.0. The molecular formula is C20H17ClN4O. The first-order chi connectivity index (χ1) is 12.5. The van der Waals surface area contributed by atoms with E-state index in [2.05, 4.69) is 28.1 Å². The molecule has 4 aromatic rings. The van der Waals surface area contributed by atoms with Crippen molar-refractivity contribution in [3.8, 4) is 5.69 Å². The predicted molar refractivity (Wildman–Crippen MR) is 103 cm³/mol. The Morgan fingerprint density at radius 2 is 1.96 bits per heavy atom. The van der Waals surface area contributed by atoms with E-state index in [9.17, 15) is 4.79 Å². The topological polar surface area (TPSA) is 63.6 Å². The largest absolute Gasteiger partial charge is 0.310 e. The third-order valence-corrected chi connectivity index (χ3v) is 4.79. The Balaban J connectivity index is 1.86. The van der Waals surface area contributed by atoms with Crippen LogP contribution in [-0.2, 0) is 6.42 Å². The molecule has 2 aromatic carbocycles. The van der Waals surface area contributed by atoms with Crippen molar-refractivity contribution in [3.05, 3.63) is 86.6 Å². The summed E-state index contributed by atoms with van der Waals surface area (Å²) in [5, 5.41) is 5.54. The Morgan fingerprint density at radius 1 is 1.15 bits per heavy atom. The molecule has 0 unspecified atom stereocenters. The molecule has 0 bridgehead atoms. The smallest absolute Gasteiger partial charge is 0.262 e. The van der Waals surface area contributed by atoms with Crippen LogP contribution in [0, 0.1) is 13.8 Å². The van der Waals surface area contributed by atoms with Gasteiger partial charge in [0.2, 0.25) is 0 Å². The van der Waals surface area contributed by atoms with Crippen LogP contribution in [0.2, 0.25) is 5.02 Å². The summed E-state index contributed by atoms with van der Waals surface area (Å²) in [6.07, 6.45) is 2.05. The van der Waals surface area contributed by atoms with Gasteiger partial charge in [0.15, 0.2) is 5.65 Å². The number of fused-ring (bicyclic) bond motifs is 1. The van der Waals surface area contributed by atoms with Gasteiger partial charge in [-0.3, -0.25) is 4.79 Å². The molecule has 0 aliphatic rings. The van der Waals surface area contributed by atoms with Crippen LogP contribution in [0.5, 0.6) is 0 Å². The van der Waals surface area contributed by atoms with E-state index in [0.29, 0.717) is 28.3 Å². The standard InChI is InChI=1S/C20H17ClN4O/c1-12-5-3-8-17(13(12)2)25-19-16(11-22-25)20(26)24-18(23-19)10-14-6-4-7-15(21)9-14/h3-9,11H,10H2,1-2H3,(H,23,24,26). The average Bonchev–Trinajstić information content (AvgIpc) is 3.02. The Bertz CT molecular complexity index is 1180. The number of nitrogens with one attached hydrogen (secondary N) is 1. The molecule has 4 rings (SSSR count). The molecule has 0 saturated carbocycles. The highest BCUT2D eigenvalue weighted by molar-refractivity contribution is 6.30. The first-order valence-corrected chi connectivity index (χ1v) is 8.68. The fourth-order valence-corrected chi connectivity index (χ4v) is 3.24. The Kier molecular flexibility index (Phi) is 4.09. The van der Waals surface area contributed by atoms with Crippen molar-refractivity contribution < 1.29 is 0 Å². The first kappa shape index (κ1) is 16.5. The van der Waals surface area contributed by atoms with E-state index in [1.807, 2.05) is 43.3 Å². The van der Waals surface area contributed by atoms with Gasteiger partial charge in [0.1, 0.15) is 11.2 Å². The van der Waals surface area contributed by atoms with E-state index in [4.69, 9.17) is 11.6 Å². The van der Waals surface area contributed by atoms with Crippen LogP contribution in [0.25, 0.3) is 16.7 Å². The molecule has 130 valence electrons. The molecule has 0 fully saturated rings. The number of hydrogen-bond donors (Lipinski definition) is 1. The lowest BCUT2D eigenvalue weighted by molar-refractivity contribution is 0.871. The summed E-state index contributed by atoms with van der Waals surface area (Å²) in [6.45, 7) is 4.09. The number of rotatable bonds is 3. The zero-order valence-corrected chi connectivity index (χ0v) is 15.2. The van der Waals surface area contributed by atoms with Crippen LogP contribution in [-0.4, -0.2) is 19.7 Å². The number of nitrogens with zero attached hydrogens (tertiary/aromatic N) is 3. The number of aryl methyl sites for hydroxylation is 1. The van der Waals surface area contributed by atoms with Gasteiger partial charge >= 0.3 is 0 Å². The highest BCUT2D eigenvalue weighted by Crippen LogP contribution is 2.20. The predicted octanol–water partition coefficient (Wildman–Crippen LogP) is 3.97. The fourth-order valence-electron chi connectivity index (χ4n) is 3.03. The molecule has 5 nitrogen and oxygen atoms in total. The lowest BCUT2D eigenvalue weighted by Gasteiger charge is -2.09. The number of aromatic nitrogens is 4. The first-order valence-electron chi connectivity index (χ1n) is 8.31. The zero-order valence-electron chi connectivity index (χ0n) is 14.5. The van der Waals surface area contributed by atoms with Crippen molar-refractivity contribution in [1.82, 2.24) is 19.7 Å². The van der Waals surface area contributed by atoms with Crippen molar-refractivity contribution in [2.24, 2.45) is 0 Å². The van der Waals surface area contributed by atoms with E-state index in [1.54, 1.807) is 10.9 Å². The van der Waals surface area contributed by atoms with Gasteiger partial charge in [-0.2, -0.15) is 5.10 Å². The minimum Gasteiger partial charge on any atom is -0.310 e. The maximum absolute atomic E-state index is 12.5. The monoisotopic (exact) mass is 364 g/mol. The van der Waals surface area contributed by atoms with Gasteiger partial charge in [-0.05, 0) is 48.7 Å². The molecule has 0 atom stereocenters. The fraction of sp³-hybridized carbons (Fsp3) is 0.150. The number of halogens is 1. The number of aromatic amines is 1. The maximum atomic E-state index is 12.5. The van der Waals surface area contributed by atoms with Crippen LogP contribution in [0.1, 0.15) is 22.5 Å². The van der Waals surface area contributed by atoms with E-state index in [1.165, 1.54) is 0 Å². The van der Waals surface area contributed by atoms with Crippen molar-refractivity contribution in [3.63, 3.8) is 0 Å². The molecule has 0 radical (unpaired) electrons. The molecule has 2 heterocycles. The second-order valence-corrected chi connectivity index (χ2v) is 6.77. The van der Waals surface area contributed by atoms with Gasteiger partial charge in [-0.15, -0.1) is 0 Å². The summed E-state index contributed by atoms with van der Waals surface area (Å²) in [5.41, 5.74) is 4.54. The summed E-state index contributed by atoms with van der Waals surface area (Å²) < 4.78 is 1.73. The van der Waals surface area contributed by atoms with E-state index >= 15 is 0 Å². The Morgan fingerprint density at radius 3 is 2.77 bits per heavy atom. The molecule has 1 N–H and O–H groups in total. The molecule has 2 aromatic heterocycles. The van der Waals surface area contributed by atoms with Crippen LogP contribution >= 0.6 is 11.6 Å². The second-order valence-electron chi connectivity index (χ2n) is 6.33. The van der Waals surface area contributed by atoms with Crippen molar-refractivity contribution in [2.45, 2.75) is 20.3 Å². The maximum Gasteiger partial charge on any atom is 0.262 e. The van der Waals surface area contributed by atoms with Crippen molar-refractivity contribution in [2.75, 3.05) is 0 Å². The third-order valence-electron chi connectivity index (χ3n) is 4.55. The quantitative estimate of drug-likeness (QED) is 0.598. The zero-order chi connectivity index (χ0) is 18.3. The lowest BCUT2D eigenvalue weighted by atomic mass is 10.1.